The second-order valence-electron chi connectivity index (χ2n) is 8.40. The topological polar surface area (TPSA) is 93.4 Å². The molecule has 7 nitrogen and oxygen atoms in total. The highest BCUT2D eigenvalue weighted by atomic mass is 35.5. The molecule has 11 heteroatoms. The van der Waals surface area contributed by atoms with Gasteiger partial charge >= 0.3 is 6.18 Å². The Hall–Kier alpha value is -2.59. The van der Waals surface area contributed by atoms with Gasteiger partial charge in [0.2, 0.25) is 11.2 Å². The van der Waals surface area contributed by atoms with E-state index >= 15 is 0 Å². The fourth-order valence-electron chi connectivity index (χ4n) is 4.33. The van der Waals surface area contributed by atoms with Gasteiger partial charge in [0.1, 0.15) is 5.82 Å². The van der Waals surface area contributed by atoms with Gasteiger partial charge in [0.05, 0.1) is 30.5 Å². The number of alkyl halides is 3. The fourth-order valence-corrected chi connectivity index (χ4v) is 4.52. The molecular formula is C22H25ClF3N5O2. The third-order valence-electron chi connectivity index (χ3n) is 6.08. The summed E-state index contributed by atoms with van der Waals surface area (Å²) in [5, 5.41) is 3.21. The molecule has 0 bridgehead atoms. The van der Waals surface area contributed by atoms with Crippen LogP contribution in [0.25, 0.3) is 0 Å². The van der Waals surface area contributed by atoms with E-state index in [0.717, 1.165) is 23.4 Å². The molecule has 0 spiro atoms. The lowest BCUT2D eigenvalue weighted by atomic mass is 9.85. The highest BCUT2D eigenvalue weighted by Crippen LogP contribution is 2.35. The van der Waals surface area contributed by atoms with Gasteiger partial charge in [-0.2, -0.15) is 13.2 Å². The molecule has 1 amide bonds. The Morgan fingerprint density at radius 1 is 1.27 bits per heavy atom. The number of halogens is 4. The molecule has 2 aromatic rings. The summed E-state index contributed by atoms with van der Waals surface area (Å²) >= 11 is 6.12. The number of nitrogen functional groups attached to an aromatic ring is 1. The number of anilines is 2. The van der Waals surface area contributed by atoms with E-state index in [1.165, 1.54) is 6.07 Å². The van der Waals surface area contributed by atoms with Gasteiger partial charge in [-0.1, -0.05) is 0 Å². The molecule has 1 fully saturated rings. The van der Waals surface area contributed by atoms with Crippen molar-refractivity contribution < 1.29 is 22.7 Å². The van der Waals surface area contributed by atoms with E-state index in [9.17, 15) is 18.0 Å². The maximum Gasteiger partial charge on any atom is 0.416 e. The van der Waals surface area contributed by atoms with Crippen molar-refractivity contribution in [2.24, 2.45) is 5.92 Å². The van der Waals surface area contributed by atoms with Gasteiger partial charge in [-0.3, -0.25) is 4.79 Å². The van der Waals surface area contributed by atoms with Crippen LogP contribution in [0, 0.1) is 5.92 Å². The van der Waals surface area contributed by atoms with Crippen LogP contribution in [0.1, 0.15) is 41.8 Å². The molecule has 33 heavy (non-hydrogen) atoms. The number of carbonyl (C=O) groups is 1. The number of amides is 1. The third-order valence-corrected chi connectivity index (χ3v) is 6.24. The van der Waals surface area contributed by atoms with Gasteiger partial charge in [-0.15, -0.1) is 0 Å². The van der Waals surface area contributed by atoms with Crippen LogP contribution in [0.4, 0.5) is 24.7 Å². The van der Waals surface area contributed by atoms with Crippen molar-refractivity contribution in [3.8, 4) is 0 Å². The molecule has 2 aliphatic rings. The first kappa shape index (κ1) is 23.6. The molecule has 178 valence electrons. The Labute approximate surface area is 194 Å². The predicted molar refractivity (Wildman–Crippen MR) is 118 cm³/mol. The van der Waals surface area contributed by atoms with Crippen molar-refractivity contribution in [1.29, 1.82) is 0 Å². The normalized spacial score (nSPS) is 19.7. The van der Waals surface area contributed by atoms with Gasteiger partial charge in [0.15, 0.2) is 0 Å². The van der Waals surface area contributed by atoms with Crippen LogP contribution in [-0.4, -0.2) is 47.1 Å². The first-order valence-electron chi connectivity index (χ1n) is 10.8. The number of hydrogen-bond donors (Lipinski definition) is 2. The van der Waals surface area contributed by atoms with Crippen molar-refractivity contribution in [3.63, 3.8) is 0 Å². The zero-order chi connectivity index (χ0) is 23.8. The molecule has 1 saturated heterocycles. The van der Waals surface area contributed by atoms with Gasteiger partial charge in [0.25, 0.3) is 0 Å². The summed E-state index contributed by atoms with van der Waals surface area (Å²) in [7, 11) is 0. The number of rotatable bonds is 4. The van der Waals surface area contributed by atoms with Gasteiger partial charge < -0.3 is 20.7 Å². The number of benzene rings is 1. The number of nitrogens with zero attached hydrogens (tertiary/aromatic N) is 3. The monoisotopic (exact) mass is 483 g/mol. The summed E-state index contributed by atoms with van der Waals surface area (Å²) in [6.45, 7) is 3.91. The molecule has 1 aromatic heterocycles. The van der Waals surface area contributed by atoms with Gasteiger partial charge in [-0.05, 0) is 61.5 Å². The Kier molecular flexibility index (Phi) is 6.67. The number of fused-ring (bicyclic) bond motifs is 1. The summed E-state index contributed by atoms with van der Waals surface area (Å²) in [6, 6.07) is 2.92. The number of aryl methyl sites for hydroxylation is 1. The van der Waals surface area contributed by atoms with Crippen LogP contribution in [-0.2, 0) is 28.5 Å². The average molecular weight is 484 g/mol. The van der Waals surface area contributed by atoms with Crippen molar-refractivity contribution in [1.82, 2.24) is 14.9 Å². The molecule has 1 aromatic carbocycles. The number of nitrogens with two attached hydrogens (primary N) is 1. The fraction of sp³-hybridized carbons (Fsp3) is 0.500. The summed E-state index contributed by atoms with van der Waals surface area (Å²) in [5.41, 5.74) is 6.81. The largest absolute Gasteiger partial charge is 0.416 e. The Morgan fingerprint density at radius 3 is 2.70 bits per heavy atom. The number of carbonyl (C=O) groups excluding carboxylic acids is 1. The van der Waals surface area contributed by atoms with Crippen molar-refractivity contribution in [2.75, 3.05) is 37.4 Å². The van der Waals surface area contributed by atoms with Crippen LogP contribution >= 0.6 is 11.6 Å². The number of nitrogens with one attached hydrogen (secondary N) is 1. The summed E-state index contributed by atoms with van der Waals surface area (Å²) < 4.78 is 45.0. The number of aromatic nitrogens is 2. The maximum atomic E-state index is 13.2. The molecular weight excluding hydrogens is 459 g/mol. The maximum absolute atomic E-state index is 13.2. The van der Waals surface area contributed by atoms with Crippen LogP contribution in [0.2, 0.25) is 5.28 Å². The minimum atomic E-state index is -4.51. The van der Waals surface area contributed by atoms with E-state index < -0.39 is 17.8 Å². The molecule has 1 aliphatic carbocycles. The molecule has 2 heterocycles. The molecule has 3 N–H and O–H groups in total. The van der Waals surface area contributed by atoms with E-state index in [-0.39, 0.29) is 22.8 Å². The second kappa shape index (κ2) is 9.34. The Balaban J connectivity index is 1.58. The van der Waals surface area contributed by atoms with Crippen molar-refractivity contribution in [2.45, 2.75) is 38.4 Å². The number of hydrogen-bond acceptors (Lipinski definition) is 6. The highest BCUT2D eigenvalue weighted by Gasteiger charge is 2.33. The van der Waals surface area contributed by atoms with Crippen molar-refractivity contribution in [3.05, 3.63) is 45.9 Å². The second-order valence-corrected chi connectivity index (χ2v) is 8.73. The first-order valence-corrected chi connectivity index (χ1v) is 11.2. The summed E-state index contributed by atoms with van der Waals surface area (Å²) in [4.78, 5) is 23.5. The summed E-state index contributed by atoms with van der Waals surface area (Å²) in [5.74, 6) is 0.275. The average Bonchev–Trinajstić information content (AvgIpc) is 2.78. The molecule has 0 saturated carbocycles. The van der Waals surface area contributed by atoms with E-state index in [2.05, 4.69) is 15.3 Å². The molecule has 0 radical (unpaired) electrons. The Morgan fingerprint density at radius 2 is 2.00 bits per heavy atom. The number of morpholine rings is 1. The molecule has 2 atom stereocenters. The van der Waals surface area contributed by atoms with Crippen LogP contribution < -0.4 is 11.1 Å². The van der Waals surface area contributed by atoms with E-state index in [1.54, 1.807) is 6.92 Å². The van der Waals surface area contributed by atoms with E-state index in [4.69, 9.17) is 22.1 Å². The summed E-state index contributed by atoms with van der Waals surface area (Å²) in [6.07, 6.45) is -2.86. The zero-order valence-electron chi connectivity index (χ0n) is 18.1. The van der Waals surface area contributed by atoms with Crippen molar-refractivity contribution >= 4 is 29.0 Å². The lowest BCUT2D eigenvalue weighted by molar-refractivity contribution is -0.140. The van der Waals surface area contributed by atoms with Gasteiger partial charge in [0, 0.05) is 30.3 Å². The zero-order valence-corrected chi connectivity index (χ0v) is 18.8. The molecule has 1 aliphatic heterocycles. The van der Waals surface area contributed by atoms with Crippen LogP contribution in [0.15, 0.2) is 18.2 Å². The lowest BCUT2D eigenvalue weighted by Crippen LogP contribution is -2.45. The predicted octanol–water partition coefficient (Wildman–Crippen LogP) is 3.87. The quantitative estimate of drug-likeness (QED) is 0.506. The first-order chi connectivity index (χ1) is 15.6. The third kappa shape index (κ3) is 5.33. The smallest absolute Gasteiger partial charge is 0.399 e. The van der Waals surface area contributed by atoms with Gasteiger partial charge in [-0.25, -0.2) is 9.97 Å². The SMILES string of the molecule is C[C@@H](Nc1nc(Cl)nc2c1CC(C(=O)N1CCOCC1)CC2)c1cc(N)cc(C(F)(F)F)c1. The minimum absolute atomic E-state index is 0.0207. The van der Waals surface area contributed by atoms with E-state index in [0.29, 0.717) is 56.9 Å². The van der Waals surface area contributed by atoms with Crippen LogP contribution in [0.3, 0.4) is 0 Å². The molecule has 1 unspecified atom stereocenters. The Bertz CT molecular complexity index is 1040. The highest BCUT2D eigenvalue weighted by molar-refractivity contribution is 6.28. The van der Waals surface area contributed by atoms with E-state index in [1.807, 2.05) is 4.90 Å². The standard InChI is InChI=1S/C22H25ClF3N5O2/c1-12(14-8-15(22(24,25)26)11-16(27)9-14)28-19-17-10-13(2-3-18(17)29-21(23)30-19)20(32)31-4-6-33-7-5-31/h8-9,11-13H,2-7,10,27H2,1H3,(H,28,29,30)/t12-,13?/m1/s1. The molecule has 4 rings (SSSR count). The minimum Gasteiger partial charge on any atom is -0.399 e. The number of ether oxygens (including phenoxy) is 1. The van der Waals surface area contributed by atoms with Crippen LogP contribution in [0.5, 0.6) is 0 Å². The lowest BCUT2D eigenvalue weighted by Gasteiger charge is -2.33.